The summed E-state index contributed by atoms with van der Waals surface area (Å²) in [5, 5.41) is 4.49. The third-order valence-corrected chi connectivity index (χ3v) is 4.41. The number of benzene rings is 3. The molecule has 7 heteroatoms. The minimum atomic E-state index is -0.526. The largest absolute Gasteiger partial charge is 0.422 e. The van der Waals surface area contributed by atoms with E-state index >= 15 is 0 Å². The number of hydrogen-bond donors (Lipinski definition) is 1. The molecule has 3 rings (SSSR count). The van der Waals surface area contributed by atoms with Crippen LogP contribution in [0, 0.1) is 0 Å². The van der Waals surface area contributed by atoms with Crippen LogP contribution in [0.4, 0.5) is 0 Å². The van der Waals surface area contributed by atoms with Crippen molar-refractivity contribution in [3.05, 3.63) is 99.0 Å². The van der Waals surface area contributed by atoms with Gasteiger partial charge in [0.25, 0.3) is 5.91 Å². The van der Waals surface area contributed by atoms with Crippen LogP contribution in [0.2, 0.25) is 5.02 Å². The van der Waals surface area contributed by atoms with Gasteiger partial charge in [0.1, 0.15) is 5.75 Å². The monoisotopic (exact) mass is 456 g/mol. The molecule has 0 aliphatic carbocycles. The number of rotatable bonds is 5. The highest BCUT2D eigenvalue weighted by molar-refractivity contribution is 9.10. The van der Waals surface area contributed by atoms with Crippen molar-refractivity contribution in [2.45, 2.75) is 0 Å². The molecule has 3 aromatic carbocycles. The molecule has 28 heavy (non-hydrogen) atoms. The van der Waals surface area contributed by atoms with E-state index in [9.17, 15) is 9.59 Å². The van der Waals surface area contributed by atoms with Gasteiger partial charge in [-0.1, -0.05) is 45.7 Å². The van der Waals surface area contributed by atoms with E-state index in [2.05, 4.69) is 26.5 Å². The zero-order chi connectivity index (χ0) is 19.9. The molecule has 0 spiro atoms. The Bertz CT molecular complexity index is 1020. The fraction of sp³-hybridized carbons (Fsp3) is 0. The standard InChI is InChI=1S/C21H14BrClN2O3/c22-17-8-11-19(28-21(27)15-6-9-18(23)10-7-15)16(12-17)13-24-25-20(26)14-4-2-1-3-5-14/h1-13H,(H,25,26)/b24-13+. The first kappa shape index (κ1) is 19.8. The third kappa shape index (κ3) is 5.28. The summed E-state index contributed by atoms with van der Waals surface area (Å²) in [6, 6.07) is 20.2. The Morgan fingerprint density at radius 1 is 0.964 bits per heavy atom. The average Bonchev–Trinajstić information content (AvgIpc) is 2.71. The average molecular weight is 458 g/mol. The lowest BCUT2D eigenvalue weighted by molar-refractivity contribution is 0.0734. The van der Waals surface area contributed by atoms with Gasteiger partial charge in [0, 0.05) is 20.6 Å². The zero-order valence-electron chi connectivity index (χ0n) is 14.4. The first-order valence-electron chi connectivity index (χ1n) is 8.19. The van der Waals surface area contributed by atoms with E-state index in [-0.39, 0.29) is 5.91 Å². The number of ether oxygens (including phenoxy) is 1. The maximum atomic E-state index is 12.3. The van der Waals surface area contributed by atoms with Crippen LogP contribution in [-0.2, 0) is 0 Å². The highest BCUT2D eigenvalue weighted by atomic mass is 79.9. The van der Waals surface area contributed by atoms with Crippen LogP contribution >= 0.6 is 27.5 Å². The van der Waals surface area contributed by atoms with Gasteiger partial charge < -0.3 is 4.74 Å². The van der Waals surface area contributed by atoms with Gasteiger partial charge in [0.05, 0.1) is 11.8 Å². The van der Waals surface area contributed by atoms with Crippen LogP contribution in [0.15, 0.2) is 82.4 Å². The summed E-state index contributed by atoms with van der Waals surface area (Å²) in [6.07, 6.45) is 1.41. The number of carbonyl (C=O) groups excluding carboxylic acids is 2. The van der Waals surface area contributed by atoms with Gasteiger partial charge in [-0.3, -0.25) is 4.79 Å². The lowest BCUT2D eigenvalue weighted by Gasteiger charge is -2.08. The molecule has 0 unspecified atom stereocenters. The summed E-state index contributed by atoms with van der Waals surface area (Å²) in [5.41, 5.74) is 3.82. The molecule has 5 nitrogen and oxygen atoms in total. The Hall–Kier alpha value is -2.96. The van der Waals surface area contributed by atoms with Crippen molar-refractivity contribution >= 4 is 45.6 Å². The second-order valence-corrected chi connectivity index (χ2v) is 7.00. The molecule has 0 atom stereocenters. The summed E-state index contributed by atoms with van der Waals surface area (Å²) >= 11 is 9.21. The molecule has 0 bridgehead atoms. The summed E-state index contributed by atoms with van der Waals surface area (Å²) in [5.74, 6) is -0.561. The van der Waals surface area contributed by atoms with Crippen LogP contribution in [0.5, 0.6) is 5.75 Å². The van der Waals surface area contributed by atoms with Crippen LogP contribution in [-0.4, -0.2) is 18.1 Å². The second-order valence-electron chi connectivity index (χ2n) is 5.64. The van der Waals surface area contributed by atoms with Gasteiger partial charge in [0.15, 0.2) is 0 Å². The molecule has 3 aromatic rings. The third-order valence-electron chi connectivity index (χ3n) is 3.66. The van der Waals surface area contributed by atoms with Crippen molar-refractivity contribution in [1.29, 1.82) is 0 Å². The highest BCUT2D eigenvalue weighted by Gasteiger charge is 2.12. The minimum absolute atomic E-state index is 0.306. The van der Waals surface area contributed by atoms with Gasteiger partial charge in [-0.25, -0.2) is 10.2 Å². The van der Waals surface area contributed by atoms with E-state index in [1.807, 2.05) is 6.07 Å². The number of hydrogen-bond acceptors (Lipinski definition) is 4. The molecule has 0 aliphatic heterocycles. The van der Waals surface area contributed by atoms with Gasteiger partial charge in [0.2, 0.25) is 0 Å². The van der Waals surface area contributed by atoms with Gasteiger partial charge >= 0.3 is 5.97 Å². The maximum Gasteiger partial charge on any atom is 0.343 e. The van der Waals surface area contributed by atoms with E-state index in [0.717, 1.165) is 4.47 Å². The normalized spacial score (nSPS) is 10.6. The lowest BCUT2D eigenvalue weighted by atomic mass is 10.2. The number of nitrogens with zero attached hydrogens (tertiary/aromatic N) is 1. The molecular weight excluding hydrogens is 444 g/mol. The topological polar surface area (TPSA) is 67.8 Å². The molecular formula is C21H14BrClN2O3. The van der Waals surface area contributed by atoms with Crippen LogP contribution in [0.3, 0.4) is 0 Å². The number of hydrazone groups is 1. The van der Waals surface area contributed by atoms with Crippen molar-refractivity contribution in [2.24, 2.45) is 5.10 Å². The molecule has 0 radical (unpaired) electrons. The fourth-order valence-electron chi connectivity index (χ4n) is 2.27. The van der Waals surface area contributed by atoms with E-state index in [0.29, 0.717) is 27.5 Å². The zero-order valence-corrected chi connectivity index (χ0v) is 16.8. The van der Waals surface area contributed by atoms with Crippen molar-refractivity contribution in [3.63, 3.8) is 0 Å². The Morgan fingerprint density at radius 2 is 1.68 bits per heavy atom. The molecule has 0 heterocycles. The maximum absolute atomic E-state index is 12.3. The van der Waals surface area contributed by atoms with Gasteiger partial charge in [-0.2, -0.15) is 5.10 Å². The number of nitrogens with one attached hydrogen (secondary N) is 1. The van der Waals surface area contributed by atoms with Gasteiger partial charge in [-0.05, 0) is 54.6 Å². The van der Waals surface area contributed by atoms with E-state index in [4.69, 9.17) is 16.3 Å². The van der Waals surface area contributed by atoms with Crippen molar-refractivity contribution in [3.8, 4) is 5.75 Å². The molecule has 1 amide bonds. The summed E-state index contributed by atoms with van der Waals surface area (Å²) in [6.45, 7) is 0. The first-order valence-corrected chi connectivity index (χ1v) is 9.36. The number of halogens is 2. The van der Waals surface area contributed by atoms with E-state index in [1.165, 1.54) is 6.21 Å². The molecule has 140 valence electrons. The molecule has 0 saturated carbocycles. The Labute approximate surface area is 175 Å². The summed E-state index contributed by atoms with van der Waals surface area (Å²) < 4.78 is 6.23. The molecule has 0 saturated heterocycles. The van der Waals surface area contributed by atoms with E-state index < -0.39 is 5.97 Å². The first-order chi connectivity index (χ1) is 13.5. The second kappa shape index (κ2) is 9.30. The van der Waals surface area contributed by atoms with Crippen molar-refractivity contribution in [1.82, 2.24) is 5.43 Å². The SMILES string of the molecule is O=C(N/N=C/c1cc(Br)ccc1OC(=O)c1ccc(Cl)cc1)c1ccccc1. The number of carbonyl (C=O) groups is 2. The van der Waals surface area contributed by atoms with Gasteiger partial charge in [-0.15, -0.1) is 0 Å². The fourth-order valence-corrected chi connectivity index (χ4v) is 2.78. The number of amides is 1. The molecule has 0 fully saturated rings. The Balaban J connectivity index is 1.74. The van der Waals surface area contributed by atoms with Crippen LogP contribution in [0.1, 0.15) is 26.3 Å². The Morgan fingerprint density at radius 3 is 2.39 bits per heavy atom. The summed E-state index contributed by atoms with van der Waals surface area (Å²) in [4.78, 5) is 24.4. The number of esters is 1. The predicted molar refractivity (Wildman–Crippen MR) is 112 cm³/mol. The Kier molecular flexibility index (Phi) is 6.57. The van der Waals surface area contributed by atoms with E-state index in [1.54, 1.807) is 66.7 Å². The van der Waals surface area contributed by atoms with Crippen LogP contribution < -0.4 is 10.2 Å². The smallest absolute Gasteiger partial charge is 0.343 e. The quantitative estimate of drug-likeness (QED) is 0.251. The highest BCUT2D eigenvalue weighted by Crippen LogP contribution is 2.23. The molecule has 0 aliphatic rings. The van der Waals surface area contributed by atoms with Crippen molar-refractivity contribution in [2.75, 3.05) is 0 Å². The minimum Gasteiger partial charge on any atom is -0.422 e. The van der Waals surface area contributed by atoms with Crippen molar-refractivity contribution < 1.29 is 14.3 Å². The lowest BCUT2D eigenvalue weighted by Crippen LogP contribution is -2.17. The summed E-state index contributed by atoms with van der Waals surface area (Å²) in [7, 11) is 0. The van der Waals surface area contributed by atoms with Crippen LogP contribution in [0.25, 0.3) is 0 Å². The molecule has 0 aromatic heterocycles. The molecule has 1 N–H and O–H groups in total. The predicted octanol–water partition coefficient (Wildman–Crippen LogP) is 5.09.